The van der Waals surface area contributed by atoms with Gasteiger partial charge in [0.15, 0.2) is 6.61 Å². The molecule has 0 aliphatic heterocycles. The number of amides is 2. The summed E-state index contributed by atoms with van der Waals surface area (Å²) >= 11 is 25.1. The van der Waals surface area contributed by atoms with E-state index in [0.717, 1.165) is 12.0 Å². The van der Waals surface area contributed by atoms with Crippen molar-refractivity contribution in [1.82, 2.24) is 10.2 Å². The Morgan fingerprint density at radius 2 is 1.59 bits per heavy atom. The van der Waals surface area contributed by atoms with Gasteiger partial charge < -0.3 is 15.0 Å². The highest BCUT2D eigenvalue weighted by atomic mass is 35.5. The number of carbonyl (C=O) groups is 2. The summed E-state index contributed by atoms with van der Waals surface area (Å²) < 4.78 is 5.74. The fourth-order valence-corrected chi connectivity index (χ4v) is 4.64. The largest absolute Gasteiger partial charge is 0.482 e. The molecule has 0 aliphatic rings. The first-order chi connectivity index (χ1) is 17.7. The third-order valence-electron chi connectivity index (χ3n) is 5.91. The molecule has 0 bridgehead atoms. The van der Waals surface area contributed by atoms with Crippen LogP contribution in [-0.4, -0.2) is 35.4 Å². The van der Waals surface area contributed by atoms with E-state index in [9.17, 15) is 9.59 Å². The van der Waals surface area contributed by atoms with Crippen LogP contribution in [-0.2, 0) is 22.6 Å². The average molecular weight is 582 g/mol. The zero-order valence-corrected chi connectivity index (χ0v) is 23.5. The van der Waals surface area contributed by atoms with E-state index in [4.69, 9.17) is 51.1 Å². The molecule has 0 aromatic heterocycles. The summed E-state index contributed by atoms with van der Waals surface area (Å²) in [6, 6.07) is 18.4. The number of hydrogen-bond acceptors (Lipinski definition) is 3. The van der Waals surface area contributed by atoms with Crippen molar-refractivity contribution in [3.8, 4) is 5.75 Å². The lowest BCUT2D eigenvalue weighted by molar-refractivity contribution is -0.143. The molecule has 9 heteroatoms. The minimum absolute atomic E-state index is 0.0144. The van der Waals surface area contributed by atoms with Crippen LogP contribution in [0.25, 0.3) is 0 Å². The van der Waals surface area contributed by atoms with E-state index in [1.54, 1.807) is 30.3 Å². The fourth-order valence-electron chi connectivity index (χ4n) is 3.66. The first-order valence-corrected chi connectivity index (χ1v) is 13.3. The average Bonchev–Trinajstić information content (AvgIpc) is 2.87. The third-order valence-corrected chi connectivity index (χ3v) is 7.15. The molecule has 0 spiro atoms. The fraction of sp³-hybridized carbons (Fsp3) is 0.286. The molecule has 0 saturated heterocycles. The Hall–Kier alpha value is -2.44. The molecule has 37 heavy (non-hydrogen) atoms. The van der Waals surface area contributed by atoms with Crippen molar-refractivity contribution in [2.24, 2.45) is 0 Å². The lowest BCUT2D eigenvalue weighted by Gasteiger charge is -2.32. The van der Waals surface area contributed by atoms with Crippen molar-refractivity contribution in [3.63, 3.8) is 0 Å². The van der Waals surface area contributed by atoms with Gasteiger partial charge in [0, 0.05) is 39.6 Å². The maximum atomic E-state index is 13.7. The van der Waals surface area contributed by atoms with Crippen molar-refractivity contribution in [2.45, 2.75) is 45.3 Å². The Labute approximate surface area is 237 Å². The van der Waals surface area contributed by atoms with Crippen LogP contribution < -0.4 is 10.1 Å². The molecular weight excluding hydrogens is 554 g/mol. The second-order valence-electron chi connectivity index (χ2n) is 8.61. The van der Waals surface area contributed by atoms with Crippen LogP contribution in [0.2, 0.25) is 20.1 Å². The molecule has 3 aromatic rings. The van der Waals surface area contributed by atoms with Gasteiger partial charge in [-0.15, -0.1) is 0 Å². The van der Waals surface area contributed by atoms with E-state index in [1.165, 1.54) is 11.0 Å². The number of ether oxygens (including phenoxy) is 1. The molecule has 0 saturated carbocycles. The summed E-state index contributed by atoms with van der Waals surface area (Å²) in [4.78, 5) is 28.7. The van der Waals surface area contributed by atoms with Crippen LogP contribution in [0.5, 0.6) is 5.75 Å². The van der Waals surface area contributed by atoms with Crippen LogP contribution >= 0.6 is 46.4 Å². The molecular formula is C28H28Cl4N2O3. The second-order valence-corrected chi connectivity index (χ2v) is 10.3. The van der Waals surface area contributed by atoms with Gasteiger partial charge in [-0.05, 0) is 49.2 Å². The SMILES string of the molecule is CC[C@H](C)NC(=O)[C@H](Cc1ccccc1)N(Cc1c(Cl)cccc1Cl)C(=O)COc1ccc(Cl)cc1Cl. The zero-order chi connectivity index (χ0) is 26.9. The molecule has 0 heterocycles. The first-order valence-electron chi connectivity index (χ1n) is 11.8. The number of rotatable bonds is 11. The zero-order valence-electron chi connectivity index (χ0n) is 20.5. The standard InChI is InChI=1S/C28H28Cl4N2O3/c1-3-18(2)33-28(36)25(14-19-8-5-4-6-9-19)34(16-21-22(30)10-7-11-23(21)31)27(35)17-37-26-13-12-20(29)15-24(26)32/h4-13,15,18,25H,3,14,16-17H2,1-2H3,(H,33,36)/t18-,25-/m0/s1. The van der Waals surface area contributed by atoms with Crippen LogP contribution in [0.15, 0.2) is 66.7 Å². The molecule has 1 N–H and O–H groups in total. The highest BCUT2D eigenvalue weighted by Gasteiger charge is 2.32. The smallest absolute Gasteiger partial charge is 0.261 e. The quantitative estimate of drug-likeness (QED) is 0.260. The van der Waals surface area contributed by atoms with E-state index in [0.29, 0.717) is 32.8 Å². The molecule has 196 valence electrons. The Morgan fingerprint density at radius 1 is 0.919 bits per heavy atom. The highest BCUT2D eigenvalue weighted by Crippen LogP contribution is 2.29. The number of hydrogen-bond donors (Lipinski definition) is 1. The number of benzene rings is 3. The summed E-state index contributed by atoms with van der Waals surface area (Å²) in [6.45, 7) is 3.55. The minimum atomic E-state index is -0.847. The normalized spacial score (nSPS) is 12.5. The lowest BCUT2D eigenvalue weighted by Crippen LogP contribution is -2.53. The van der Waals surface area contributed by atoms with Crippen molar-refractivity contribution in [1.29, 1.82) is 0 Å². The van der Waals surface area contributed by atoms with E-state index >= 15 is 0 Å². The Morgan fingerprint density at radius 3 is 2.22 bits per heavy atom. The highest BCUT2D eigenvalue weighted by molar-refractivity contribution is 6.36. The molecule has 0 fully saturated rings. The van der Waals surface area contributed by atoms with Crippen LogP contribution in [0.1, 0.15) is 31.4 Å². The van der Waals surface area contributed by atoms with Gasteiger partial charge in [0.05, 0.1) is 5.02 Å². The maximum Gasteiger partial charge on any atom is 0.261 e. The topological polar surface area (TPSA) is 58.6 Å². The van der Waals surface area contributed by atoms with Crippen molar-refractivity contribution in [3.05, 3.63) is 97.9 Å². The molecule has 0 unspecified atom stereocenters. The number of carbonyl (C=O) groups excluding carboxylic acids is 2. The lowest BCUT2D eigenvalue weighted by atomic mass is 10.0. The molecule has 0 radical (unpaired) electrons. The molecule has 3 rings (SSSR count). The van der Waals surface area contributed by atoms with Gasteiger partial charge in [0.1, 0.15) is 11.8 Å². The third kappa shape index (κ3) is 8.27. The summed E-state index contributed by atoms with van der Waals surface area (Å²) in [7, 11) is 0. The summed E-state index contributed by atoms with van der Waals surface area (Å²) in [5, 5.41) is 4.53. The number of nitrogens with one attached hydrogen (secondary N) is 1. The Balaban J connectivity index is 1.97. The minimum Gasteiger partial charge on any atom is -0.482 e. The van der Waals surface area contributed by atoms with Gasteiger partial charge in [0.2, 0.25) is 5.91 Å². The van der Waals surface area contributed by atoms with E-state index in [1.807, 2.05) is 44.2 Å². The van der Waals surface area contributed by atoms with Crippen molar-refractivity contribution < 1.29 is 14.3 Å². The summed E-state index contributed by atoms with van der Waals surface area (Å²) in [5.41, 5.74) is 1.44. The maximum absolute atomic E-state index is 13.7. The van der Waals surface area contributed by atoms with Gasteiger partial charge in [-0.2, -0.15) is 0 Å². The predicted molar refractivity (Wildman–Crippen MR) is 151 cm³/mol. The monoisotopic (exact) mass is 580 g/mol. The van der Waals surface area contributed by atoms with Gasteiger partial charge >= 0.3 is 0 Å². The molecule has 2 atom stereocenters. The second kappa shape index (κ2) is 13.9. The summed E-state index contributed by atoms with van der Waals surface area (Å²) in [5.74, 6) is -0.403. The van der Waals surface area contributed by atoms with Crippen LogP contribution in [0.4, 0.5) is 0 Å². The molecule has 2 amide bonds. The Bertz CT molecular complexity index is 1200. The number of halogens is 4. The number of nitrogens with zero attached hydrogens (tertiary/aromatic N) is 1. The van der Waals surface area contributed by atoms with Gasteiger partial charge in [-0.3, -0.25) is 9.59 Å². The van der Waals surface area contributed by atoms with E-state index in [-0.39, 0.29) is 30.1 Å². The van der Waals surface area contributed by atoms with Gasteiger partial charge in [0.25, 0.3) is 5.91 Å². The van der Waals surface area contributed by atoms with Crippen molar-refractivity contribution in [2.75, 3.05) is 6.61 Å². The van der Waals surface area contributed by atoms with E-state index < -0.39 is 11.9 Å². The predicted octanol–water partition coefficient (Wildman–Crippen LogP) is 7.23. The summed E-state index contributed by atoms with van der Waals surface area (Å²) in [6.07, 6.45) is 1.03. The molecule has 3 aromatic carbocycles. The molecule has 5 nitrogen and oxygen atoms in total. The van der Waals surface area contributed by atoms with Gasteiger partial charge in [-0.1, -0.05) is 89.7 Å². The van der Waals surface area contributed by atoms with E-state index in [2.05, 4.69) is 5.32 Å². The van der Waals surface area contributed by atoms with Crippen LogP contribution in [0.3, 0.4) is 0 Å². The Kier molecular flexibility index (Phi) is 11.0. The molecule has 0 aliphatic carbocycles. The van der Waals surface area contributed by atoms with Crippen LogP contribution in [0, 0.1) is 0 Å². The first kappa shape index (κ1) is 29.1. The van der Waals surface area contributed by atoms with Gasteiger partial charge in [-0.25, -0.2) is 0 Å². The van der Waals surface area contributed by atoms with Crippen molar-refractivity contribution >= 4 is 58.2 Å².